The molecule has 3 aliphatic rings. The van der Waals surface area contributed by atoms with Gasteiger partial charge in [-0.2, -0.15) is 0 Å². The number of carbonyl (C=O) groups is 2. The number of nitrogen functional groups attached to an aromatic ring is 2. The van der Waals surface area contributed by atoms with E-state index in [4.69, 9.17) is 40.5 Å². The fourth-order valence-corrected chi connectivity index (χ4v) is 8.55. The molecule has 0 spiro atoms. The summed E-state index contributed by atoms with van der Waals surface area (Å²) in [6, 6.07) is 16.8. The molecule has 3 saturated heterocycles. The normalized spacial score (nSPS) is 17.0. The molecule has 0 bridgehead atoms. The summed E-state index contributed by atoms with van der Waals surface area (Å²) in [7, 11) is -0.576. The van der Waals surface area contributed by atoms with Crippen molar-refractivity contribution < 1.29 is 74.4 Å². The molecule has 10 N–H and O–H groups in total. The average Bonchev–Trinajstić information content (AvgIpc) is 4.26. The maximum atomic E-state index is 12.5. The number of nitrogens with two attached hydrogens (primary N) is 2. The molecule has 3 fully saturated rings. The summed E-state index contributed by atoms with van der Waals surface area (Å²) in [6.45, 7) is 24.0. The molecular weight excluding hydrogens is 1200 g/mol. The summed E-state index contributed by atoms with van der Waals surface area (Å²) < 4.78 is 105. The Kier molecular flexibility index (Phi) is 29.1. The number of halogens is 7. The van der Waals surface area contributed by atoms with Gasteiger partial charge in [0.25, 0.3) is 0 Å². The second-order valence-electron chi connectivity index (χ2n) is 19.5. The van der Waals surface area contributed by atoms with Crippen molar-refractivity contribution in [3.63, 3.8) is 0 Å². The van der Waals surface area contributed by atoms with Crippen LogP contribution in [0.3, 0.4) is 0 Å². The number of hydrogen-bond acceptors (Lipinski definition) is 16. The average molecular weight is 1280 g/mol. The topological polar surface area (TPSA) is 262 Å². The maximum absolute atomic E-state index is 12.5. The van der Waals surface area contributed by atoms with Gasteiger partial charge >= 0.3 is 31.9 Å². The lowest BCUT2D eigenvalue weighted by atomic mass is 9.76. The van der Waals surface area contributed by atoms with Crippen LogP contribution in [0, 0.1) is 17.4 Å². The van der Waals surface area contributed by atoms with Gasteiger partial charge < -0.3 is 71.5 Å². The van der Waals surface area contributed by atoms with E-state index in [1.165, 1.54) is 9.80 Å². The number of carbonyl (C=O) groups excluding carboxylic acids is 2. The maximum Gasteiger partial charge on any atom is 0.522 e. The molecule has 82 heavy (non-hydrogen) atoms. The second kappa shape index (κ2) is 33.7. The third-order valence-electron chi connectivity index (χ3n) is 12.6. The Morgan fingerprint density at radius 3 is 1.52 bits per heavy atom. The lowest BCUT2D eigenvalue weighted by Crippen LogP contribution is -2.41. The van der Waals surface area contributed by atoms with Gasteiger partial charge in [0, 0.05) is 80.6 Å². The summed E-state index contributed by atoms with van der Waals surface area (Å²) in [5, 5.41) is 28.9. The Bertz CT molecular complexity index is 2570. The SMILES string of the molecule is CCOCC.CCOCC.Cc1ccc(NC(=O)N2CC[C@@H](OC(F)(F)F)C2)cc1-c1cc(N)nc(NCCO)c1.Cc1ccc(NC(=O)N2CC[C@@H](OC(F)(F)F)C2)cc1B1OC(C)(C)C(C)(C)O1.Nc1cc(I)cc(NCCO)n1. The molecule has 0 saturated carbocycles. The zero-order valence-electron chi connectivity index (χ0n) is 48.2. The fraction of sp³-hybridized carbons (Fsp3) is 0.556. The molecule has 458 valence electrons. The van der Waals surface area contributed by atoms with E-state index in [2.05, 4.69) is 63.3 Å². The highest BCUT2D eigenvalue weighted by Crippen LogP contribution is 2.37. The second-order valence-corrected chi connectivity index (χ2v) is 20.8. The van der Waals surface area contributed by atoms with Crippen molar-refractivity contribution in [3.05, 3.63) is 75.4 Å². The minimum absolute atomic E-state index is 0.0578. The number of ether oxygens (including phenoxy) is 4. The number of amides is 4. The number of anilines is 6. The van der Waals surface area contributed by atoms with Crippen molar-refractivity contribution in [3.8, 4) is 11.1 Å². The molecule has 2 aromatic heterocycles. The van der Waals surface area contributed by atoms with Gasteiger partial charge in [-0.25, -0.2) is 19.6 Å². The number of benzene rings is 2. The van der Waals surface area contributed by atoms with Crippen molar-refractivity contribution in [2.45, 2.75) is 118 Å². The molecule has 4 aromatic rings. The number of nitrogens with one attached hydrogen (secondary N) is 4. The monoisotopic (exact) mass is 1280 g/mol. The Morgan fingerprint density at radius 1 is 0.683 bits per heavy atom. The largest absolute Gasteiger partial charge is 0.522 e. The number of pyridine rings is 2. The quantitative estimate of drug-likeness (QED) is 0.0295. The van der Waals surface area contributed by atoms with Gasteiger partial charge in [-0.15, -0.1) is 26.3 Å². The first-order valence-electron chi connectivity index (χ1n) is 26.7. The Balaban J connectivity index is 0.000000317. The molecular formula is C54H80BF6IN10O10. The molecule has 0 radical (unpaired) electrons. The molecule has 0 unspecified atom stereocenters. The van der Waals surface area contributed by atoms with E-state index in [1.807, 2.05) is 87.4 Å². The minimum Gasteiger partial charge on any atom is -0.399 e. The summed E-state index contributed by atoms with van der Waals surface area (Å²) >= 11 is 2.16. The third kappa shape index (κ3) is 24.8. The van der Waals surface area contributed by atoms with Crippen LogP contribution in [0.2, 0.25) is 0 Å². The zero-order chi connectivity index (χ0) is 61.4. The molecule has 5 heterocycles. The molecule has 3 aliphatic heterocycles. The standard InChI is InChI=1S/C20H24F3N5O3.C19H26BF3N2O4.C7H10IN3O.2C4H10O/c1-12-2-3-14(26-19(30)28-6-4-15(11-28)31-20(21,22)23)10-16(12)13-8-17(24)27-18(9-13)25-5-7-29;1-12-6-7-13(10-15(12)20-28-17(2,3)18(4,5)29-20)24-16(26)25-9-8-14(11-25)27-19(21,22)23;8-5-3-6(9)11-7(4-5)10-1-2-12;2*1-3-5-4-2/h2-3,8-10,15,29H,4-7,11H2,1H3,(H,26,30)(H3,24,25,27);6-7,10,14H,8-9,11H2,1-5H3,(H,24,26);3-4,12H,1-2H2,(H3,9,10,11);2*3-4H2,1-2H3/t15-;14-;;;/m11.../s1. The van der Waals surface area contributed by atoms with Gasteiger partial charge in [-0.1, -0.05) is 17.7 Å². The van der Waals surface area contributed by atoms with Crippen molar-refractivity contribution in [2.24, 2.45) is 0 Å². The number of aliphatic hydroxyl groups excluding tert-OH is 2. The van der Waals surface area contributed by atoms with E-state index in [0.717, 1.165) is 57.7 Å². The lowest BCUT2D eigenvalue weighted by molar-refractivity contribution is -0.341. The number of hydrogen-bond donors (Lipinski definition) is 8. The Hall–Kier alpha value is -5.47. The highest BCUT2D eigenvalue weighted by Gasteiger charge is 2.52. The van der Waals surface area contributed by atoms with Crippen LogP contribution in [0.1, 0.15) is 79.4 Å². The first-order chi connectivity index (χ1) is 38.5. The van der Waals surface area contributed by atoms with E-state index < -0.39 is 55.3 Å². The predicted molar refractivity (Wildman–Crippen MR) is 315 cm³/mol. The van der Waals surface area contributed by atoms with Crippen LogP contribution in [0.25, 0.3) is 11.1 Å². The fourth-order valence-electron chi connectivity index (χ4n) is 7.94. The zero-order valence-corrected chi connectivity index (χ0v) is 50.3. The number of rotatable bonds is 16. The molecule has 2 atom stereocenters. The van der Waals surface area contributed by atoms with Crippen LogP contribution in [-0.4, -0.2) is 164 Å². The molecule has 7 rings (SSSR count). The van der Waals surface area contributed by atoms with Crippen LogP contribution >= 0.6 is 22.6 Å². The Labute approximate surface area is 490 Å². The number of urea groups is 2. The van der Waals surface area contributed by atoms with Crippen LogP contribution in [-0.2, 0) is 28.3 Å². The number of nitrogens with zero attached hydrogens (tertiary/aromatic N) is 4. The van der Waals surface area contributed by atoms with Gasteiger partial charge in [0.15, 0.2) is 0 Å². The number of likely N-dealkylation sites (tertiary alicyclic amines) is 2. The van der Waals surface area contributed by atoms with Gasteiger partial charge in [-0.3, -0.25) is 9.47 Å². The van der Waals surface area contributed by atoms with Gasteiger partial charge in [0.1, 0.15) is 23.3 Å². The van der Waals surface area contributed by atoms with Crippen molar-refractivity contribution in [1.82, 2.24) is 19.8 Å². The summed E-state index contributed by atoms with van der Waals surface area (Å²) in [6.07, 6.45) is -11.3. The minimum atomic E-state index is -4.72. The third-order valence-corrected chi connectivity index (χ3v) is 13.2. The van der Waals surface area contributed by atoms with Crippen LogP contribution < -0.4 is 38.2 Å². The van der Waals surface area contributed by atoms with E-state index >= 15 is 0 Å². The number of aryl methyl sites for hydroxylation is 2. The van der Waals surface area contributed by atoms with Gasteiger partial charge in [0.05, 0.1) is 36.6 Å². The van der Waals surface area contributed by atoms with Crippen molar-refractivity contribution in [2.75, 3.05) is 112 Å². The van der Waals surface area contributed by atoms with E-state index in [-0.39, 0.29) is 52.2 Å². The van der Waals surface area contributed by atoms with E-state index in [1.54, 1.807) is 42.5 Å². The lowest BCUT2D eigenvalue weighted by Gasteiger charge is -2.32. The highest BCUT2D eigenvalue weighted by molar-refractivity contribution is 14.1. The first kappa shape index (κ1) is 70.8. The van der Waals surface area contributed by atoms with Crippen molar-refractivity contribution in [1.29, 1.82) is 0 Å². The van der Waals surface area contributed by atoms with Crippen LogP contribution in [0.4, 0.5) is 70.6 Å². The number of alkyl halides is 6. The predicted octanol–water partition coefficient (Wildman–Crippen LogP) is 9.38. The van der Waals surface area contributed by atoms with E-state index in [0.29, 0.717) is 47.7 Å². The smallest absolute Gasteiger partial charge is 0.399 e. The molecule has 0 aliphatic carbocycles. The summed E-state index contributed by atoms with van der Waals surface area (Å²) in [5.41, 5.74) is 15.7. The van der Waals surface area contributed by atoms with Crippen LogP contribution in [0.15, 0.2) is 60.7 Å². The highest BCUT2D eigenvalue weighted by atomic mass is 127. The molecule has 2 aromatic carbocycles. The Morgan fingerprint density at radius 2 is 1.11 bits per heavy atom. The molecule has 20 nitrogen and oxygen atoms in total. The number of aliphatic hydroxyl groups is 2. The molecule has 28 heteroatoms. The van der Waals surface area contributed by atoms with Crippen LogP contribution in [0.5, 0.6) is 0 Å². The van der Waals surface area contributed by atoms with Gasteiger partial charge in [-0.05, 0) is 175 Å². The summed E-state index contributed by atoms with van der Waals surface area (Å²) in [4.78, 5) is 35.8. The van der Waals surface area contributed by atoms with Gasteiger partial charge in [0.2, 0.25) is 0 Å². The molecule has 4 amide bonds. The number of aromatic nitrogens is 2. The summed E-state index contributed by atoms with van der Waals surface area (Å²) in [5.74, 6) is 1.99. The van der Waals surface area contributed by atoms with E-state index in [9.17, 15) is 35.9 Å². The first-order valence-corrected chi connectivity index (χ1v) is 27.8. The van der Waals surface area contributed by atoms with Crippen molar-refractivity contribution >= 4 is 81.9 Å².